The first-order chi connectivity index (χ1) is 8.25. The third-order valence-electron chi connectivity index (χ3n) is 2.82. The van der Waals surface area contributed by atoms with Gasteiger partial charge in [0.05, 0.1) is 25.4 Å². The number of aryl methyl sites for hydroxylation is 1. The van der Waals surface area contributed by atoms with Crippen LogP contribution in [0.1, 0.15) is 5.56 Å². The predicted octanol–water partition coefficient (Wildman–Crippen LogP) is 0.723. The van der Waals surface area contributed by atoms with Crippen molar-refractivity contribution in [2.75, 3.05) is 26.4 Å². The van der Waals surface area contributed by atoms with Crippen molar-refractivity contribution in [3.8, 4) is 5.75 Å². The number of nitrogens with one attached hydrogen (secondary N) is 1. The molecular weight excluding hydrogens is 218 g/mol. The first kappa shape index (κ1) is 12.4. The molecule has 1 aromatic rings. The van der Waals surface area contributed by atoms with Gasteiger partial charge in [-0.3, -0.25) is 0 Å². The molecule has 2 rings (SSSR count). The summed E-state index contributed by atoms with van der Waals surface area (Å²) < 4.78 is 10.7. The minimum Gasteiger partial charge on any atom is -0.492 e. The normalized spacial score (nSPS) is 23.9. The highest BCUT2D eigenvalue weighted by Gasteiger charge is 2.25. The Hall–Kier alpha value is -1.10. The van der Waals surface area contributed by atoms with Crippen LogP contribution in [0.4, 0.5) is 0 Å². The molecule has 0 aliphatic carbocycles. The van der Waals surface area contributed by atoms with Gasteiger partial charge in [-0.15, -0.1) is 0 Å². The molecule has 1 fully saturated rings. The maximum Gasteiger partial charge on any atom is 0.119 e. The summed E-state index contributed by atoms with van der Waals surface area (Å²) in [5.41, 5.74) is 1.19. The summed E-state index contributed by atoms with van der Waals surface area (Å²) in [5, 5.41) is 12.7. The van der Waals surface area contributed by atoms with E-state index in [0.29, 0.717) is 26.4 Å². The van der Waals surface area contributed by atoms with Crippen molar-refractivity contribution in [1.82, 2.24) is 5.32 Å². The number of hydrogen-bond donors (Lipinski definition) is 2. The Bertz CT molecular complexity index is 356. The van der Waals surface area contributed by atoms with Crippen molar-refractivity contribution in [2.24, 2.45) is 0 Å². The van der Waals surface area contributed by atoms with E-state index < -0.39 is 6.10 Å². The lowest BCUT2D eigenvalue weighted by molar-refractivity contribution is 0.122. The summed E-state index contributed by atoms with van der Waals surface area (Å²) in [6.07, 6.45) is -0.394. The average Bonchev–Trinajstić information content (AvgIpc) is 2.71. The van der Waals surface area contributed by atoms with Gasteiger partial charge in [0, 0.05) is 6.54 Å². The molecule has 4 nitrogen and oxygen atoms in total. The third-order valence-corrected chi connectivity index (χ3v) is 2.82. The van der Waals surface area contributed by atoms with Crippen LogP contribution in [-0.2, 0) is 4.74 Å². The second-order valence-corrected chi connectivity index (χ2v) is 4.33. The highest BCUT2D eigenvalue weighted by molar-refractivity contribution is 5.27. The Morgan fingerprint density at radius 2 is 2.35 bits per heavy atom. The number of hydrogen-bond acceptors (Lipinski definition) is 4. The molecule has 1 aliphatic rings. The van der Waals surface area contributed by atoms with Crippen LogP contribution in [0.15, 0.2) is 24.3 Å². The lowest BCUT2D eigenvalue weighted by atomic mass is 10.2. The molecule has 17 heavy (non-hydrogen) atoms. The van der Waals surface area contributed by atoms with E-state index in [4.69, 9.17) is 9.47 Å². The second kappa shape index (κ2) is 6.00. The Morgan fingerprint density at radius 1 is 1.47 bits per heavy atom. The van der Waals surface area contributed by atoms with Crippen LogP contribution in [0.25, 0.3) is 0 Å². The lowest BCUT2D eigenvalue weighted by Crippen LogP contribution is -2.40. The van der Waals surface area contributed by atoms with Gasteiger partial charge in [0.1, 0.15) is 12.4 Å². The average molecular weight is 237 g/mol. The van der Waals surface area contributed by atoms with Crippen LogP contribution < -0.4 is 10.1 Å². The van der Waals surface area contributed by atoms with E-state index >= 15 is 0 Å². The molecule has 2 atom stereocenters. The van der Waals surface area contributed by atoms with Crippen LogP contribution in [0, 0.1) is 6.92 Å². The van der Waals surface area contributed by atoms with Gasteiger partial charge in [-0.05, 0) is 24.6 Å². The van der Waals surface area contributed by atoms with E-state index in [1.165, 1.54) is 5.56 Å². The fourth-order valence-electron chi connectivity index (χ4n) is 1.86. The molecule has 1 heterocycles. The minimum absolute atomic E-state index is 0.0381. The number of aliphatic hydroxyl groups is 1. The van der Waals surface area contributed by atoms with E-state index in [1.807, 2.05) is 31.2 Å². The van der Waals surface area contributed by atoms with Gasteiger partial charge in [0.2, 0.25) is 0 Å². The van der Waals surface area contributed by atoms with Gasteiger partial charge in [-0.2, -0.15) is 0 Å². The molecule has 0 amide bonds. The zero-order valence-corrected chi connectivity index (χ0v) is 10.1. The quantitative estimate of drug-likeness (QED) is 0.741. The zero-order valence-electron chi connectivity index (χ0n) is 10.1. The molecule has 1 saturated heterocycles. The number of ether oxygens (including phenoxy) is 2. The molecule has 0 radical (unpaired) electrons. The molecule has 94 valence electrons. The molecule has 1 aliphatic heterocycles. The summed E-state index contributed by atoms with van der Waals surface area (Å²) in [7, 11) is 0. The Balaban J connectivity index is 1.66. The zero-order chi connectivity index (χ0) is 12.1. The highest BCUT2D eigenvalue weighted by atomic mass is 16.5. The summed E-state index contributed by atoms with van der Waals surface area (Å²) in [6.45, 7) is 4.34. The molecule has 2 N–H and O–H groups in total. The van der Waals surface area contributed by atoms with Crippen LogP contribution in [0.2, 0.25) is 0 Å². The molecule has 0 saturated carbocycles. The van der Waals surface area contributed by atoms with Crippen molar-refractivity contribution in [2.45, 2.75) is 19.1 Å². The number of rotatable bonds is 5. The van der Waals surface area contributed by atoms with Crippen LogP contribution in [0.3, 0.4) is 0 Å². The predicted molar refractivity (Wildman–Crippen MR) is 65.3 cm³/mol. The van der Waals surface area contributed by atoms with Crippen molar-refractivity contribution in [3.63, 3.8) is 0 Å². The Morgan fingerprint density at radius 3 is 3.06 bits per heavy atom. The Kier molecular flexibility index (Phi) is 4.36. The number of benzene rings is 1. The van der Waals surface area contributed by atoms with Crippen molar-refractivity contribution < 1.29 is 14.6 Å². The van der Waals surface area contributed by atoms with Gasteiger partial charge in [-0.25, -0.2) is 0 Å². The van der Waals surface area contributed by atoms with Crippen molar-refractivity contribution in [3.05, 3.63) is 29.8 Å². The van der Waals surface area contributed by atoms with Gasteiger partial charge >= 0.3 is 0 Å². The molecule has 4 heteroatoms. The van der Waals surface area contributed by atoms with Gasteiger partial charge in [0.25, 0.3) is 0 Å². The largest absolute Gasteiger partial charge is 0.492 e. The van der Waals surface area contributed by atoms with Gasteiger partial charge in [0.15, 0.2) is 0 Å². The molecule has 0 spiro atoms. The van der Waals surface area contributed by atoms with Crippen molar-refractivity contribution >= 4 is 0 Å². The molecule has 1 aromatic carbocycles. The summed E-state index contributed by atoms with van der Waals surface area (Å²) in [4.78, 5) is 0. The topological polar surface area (TPSA) is 50.7 Å². The van der Waals surface area contributed by atoms with Crippen LogP contribution in [-0.4, -0.2) is 43.6 Å². The van der Waals surface area contributed by atoms with E-state index in [9.17, 15) is 5.11 Å². The van der Waals surface area contributed by atoms with Gasteiger partial charge in [-0.1, -0.05) is 12.1 Å². The van der Waals surface area contributed by atoms with E-state index in [1.54, 1.807) is 0 Å². The first-order valence-corrected chi connectivity index (χ1v) is 5.94. The molecule has 0 bridgehead atoms. The van der Waals surface area contributed by atoms with Crippen LogP contribution in [0.5, 0.6) is 5.75 Å². The maximum absolute atomic E-state index is 9.51. The standard InChI is InChI=1S/C13H19NO3/c1-10-3-2-4-11(7-10)17-6-5-14-12-8-16-9-13(12)15/h2-4,7,12-15H,5-6,8-9H2,1H3. The van der Waals surface area contributed by atoms with Crippen LogP contribution >= 0.6 is 0 Å². The summed E-state index contributed by atoms with van der Waals surface area (Å²) >= 11 is 0. The molecule has 2 unspecified atom stereocenters. The Labute approximate surface area is 102 Å². The van der Waals surface area contributed by atoms with E-state index in [2.05, 4.69) is 5.32 Å². The highest BCUT2D eigenvalue weighted by Crippen LogP contribution is 2.12. The molecule has 0 aromatic heterocycles. The summed E-state index contributed by atoms with van der Waals surface area (Å²) in [6, 6.07) is 8.01. The van der Waals surface area contributed by atoms with E-state index in [0.717, 1.165) is 5.75 Å². The fraction of sp³-hybridized carbons (Fsp3) is 0.538. The van der Waals surface area contributed by atoms with Gasteiger partial charge < -0.3 is 19.9 Å². The second-order valence-electron chi connectivity index (χ2n) is 4.33. The first-order valence-electron chi connectivity index (χ1n) is 5.94. The fourth-order valence-corrected chi connectivity index (χ4v) is 1.86. The van der Waals surface area contributed by atoms with Crippen molar-refractivity contribution in [1.29, 1.82) is 0 Å². The maximum atomic E-state index is 9.51. The lowest BCUT2D eigenvalue weighted by Gasteiger charge is -2.14. The molecular formula is C13H19NO3. The van der Waals surface area contributed by atoms with E-state index in [-0.39, 0.29) is 6.04 Å². The SMILES string of the molecule is Cc1cccc(OCCNC2COCC2O)c1. The minimum atomic E-state index is -0.394. The summed E-state index contributed by atoms with van der Waals surface area (Å²) in [5.74, 6) is 0.884. The monoisotopic (exact) mass is 237 g/mol. The third kappa shape index (κ3) is 3.70. The number of aliphatic hydroxyl groups excluding tert-OH is 1. The smallest absolute Gasteiger partial charge is 0.119 e.